The Labute approximate surface area is 129 Å². The van der Waals surface area contributed by atoms with Crippen LogP contribution >= 0.6 is 11.3 Å². The highest BCUT2D eigenvalue weighted by Crippen LogP contribution is 2.16. The van der Waals surface area contributed by atoms with Gasteiger partial charge < -0.3 is 10.1 Å². The standard InChI is InChI=1S/C16H20N2O2S/c1-12-11-21-14(18-12)9-6-10-17-16(19)15(20-2)13-7-4-3-5-8-13/h3-5,7-8,11,15H,6,9-10H2,1-2H3,(H,17,19)/t15-/m1/s1. The number of carbonyl (C=O) groups is 1. The number of ether oxygens (including phenoxy) is 1. The van der Waals surface area contributed by atoms with E-state index in [1.807, 2.05) is 42.6 Å². The Morgan fingerprint density at radius 1 is 1.38 bits per heavy atom. The average molecular weight is 304 g/mol. The van der Waals surface area contributed by atoms with Crippen molar-refractivity contribution in [2.75, 3.05) is 13.7 Å². The molecule has 0 aliphatic heterocycles. The molecule has 0 aliphatic rings. The summed E-state index contributed by atoms with van der Waals surface area (Å²) in [6.45, 7) is 2.62. The summed E-state index contributed by atoms with van der Waals surface area (Å²) in [7, 11) is 1.55. The van der Waals surface area contributed by atoms with E-state index in [2.05, 4.69) is 10.3 Å². The molecule has 0 aliphatic carbocycles. The van der Waals surface area contributed by atoms with Crippen LogP contribution in [0.3, 0.4) is 0 Å². The first-order valence-electron chi connectivity index (χ1n) is 6.97. The second-order valence-corrected chi connectivity index (χ2v) is 5.75. The molecule has 0 saturated heterocycles. The van der Waals surface area contributed by atoms with Gasteiger partial charge in [0.2, 0.25) is 0 Å². The van der Waals surface area contributed by atoms with Gasteiger partial charge in [0, 0.05) is 31.1 Å². The van der Waals surface area contributed by atoms with Gasteiger partial charge in [-0.25, -0.2) is 4.98 Å². The van der Waals surface area contributed by atoms with Crippen molar-refractivity contribution in [3.63, 3.8) is 0 Å². The monoisotopic (exact) mass is 304 g/mol. The van der Waals surface area contributed by atoms with Crippen molar-refractivity contribution in [2.45, 2.75) is 25.9 Å². The fraction of sp³-hybridized carbons (Fsp3) is 0.375. The first-order chi connectivity index (χ1) is 10.2. The molecule has 5 heteroatoms. The molecule has 1 N–H and O–H groups in total. The predicted molar refractivity (Wildman–Crippen MR) is 84.4 cm³/mol. The molecule has 0 spiro atoms. The fourth-order valence-electron chi connectivity index (χ4n) is 2.08. The van der Waals surface area contributed by atoms with Gasteiger partial charge in [0.25, 0.3) is 5.91 Å². The van der Waals surface area contributed by atoms with Gasteiger partial charge in [-0.15, -0.1) is 11.3 Å². The average Bonchev–Trinajstić information content (AvgIpc) is 2.91. The van der Waals surface area contributed by atoms with Crippen LogP contribution in [0.2, 0.25) is 0 Å². The van der Waals surface area contributed by atoms with Crippen molar-refractivity contribution < 1.29 is 9.53 Å². The molecule has 1 heterocycles. The van der Waals surface area contributed by atoms with Gasteiger partial charge in [-0.2, -0.15) is 0 Å². The van der Waals surface area contributed by atoms with Crippen LogP contribution in [0.25, 0.3) is 0 Å². The first-order valence-corrected chi connectivity index (χ1v) is 7.85. The molecular formula is C16H20N2O2S. The second kappa shape index (κ2) is 7.90. The Morgan fingerprint density at radius 3 is 2.76 bits per heavy atom. The number of benzene rings is 1. The third-order valence-electron chi connectivity index (χ3n) is 3.11. The number of hydrogen-bond acceptors (Lipinski definition) is 4. The third-order valence-corrected chi connectivity index (χ3v) is 4.14. The van der Waals surface area contributed by atoms with Crippen molar-refractivity contribution >= 4 is 17.2 Å². The van der Waals surface area contributed by atoms with Crippen molar-refractivity contribution in [1.82, 2.24) is 10.3 Å². The predicted octanol–water partition coefficient (Wildman–Crippen LogP) is 2.89. The summed E-state index contributed by atoms with van der Waals surface area (Å²) < 4.78 is 5.29. The lowest BCUT2D eigenvalue weighted by atomic mass is 10.1. The molecule has 1 aromatic carbocycles. The van der Waals surface area contributed by atoms with E-state index in [4.69, 9.17) is 4.74 Å². The van der Waals surface area contributed by atoms with Crippen molar-refractivity contribution in [2.24, 2.45) is 0 Å². The summed E-state index contributed by atoms with van der Waals surface area (Å²) in [6.07, 6.45) is 1.22. The Balaban J connectivity index is 1.78. The highest BCUT2D eigenvalue weighted by molar-refractivity contribution is 7.09. The smallest absolute Gasteiger partial charge is 0.253 e. The molecule has 2 aromatic rings. The van der Waals surface area contributed by atoms with E-state index in [9.17, 15) is 4.79 Å². The van der Waals surface area contributed by atoms with Crippen LogP contribution < -0.4 is 5.32 Å². The lowest BCUT2D eigenvalue weighted by Crippen LogP contribution is -2.31. The zero-order valence-electron chi connectivity index (χ0n) is 12.3. The van der Waals surface area contributed by atoms with Gasteiger partial charge >= 0.3 is 0 Å². The molecule has 112 valence electrons. The minimum atomic E-state index is -0.548. The summed E-state index contributed by atoms with van der Waals surface area (Å²) in [5, 5.41) is 6.09. The molecule has 0 unspecified atom stereocenters. The number of amides is 1. The molecule has 0 bridgehead atoms. The lowest BCUT2D eigenvalue weighted by Gasteiger charge is -2.15. The van der Waals surface area contributed by atoms with E-state index >= 15 is 0 Å². The van der Waals surface area contributed by atoms with Crippen LogP contribution in [-0.4, -0.2) is 24.5 Å². The zero-order chi connectivity index (χ0) is 15.1. The molecule has 1 atom stereocenters. The number of aryl methyl sites for hydroxylation is 2. The van der Waals surface area contributed by atoms with Crippen LogP contribution in [0.4, 0.5) is 0 Å². The Hall–Kier alpha value is -1.72. The molecule has 1 aromatic heterocycles. The first kappa shape index (κ1) is 15.7. The molecule has 0 fully saturated rings. The maximum absolute atomic E-state index is 12.1. The quantitative estimate of drug-likeness (QED) is 0.800. The van der Waals surface area contributed by atoms with Gasteiger partial charge in [-0.05, 0) is 18.9 Å². The number of nitrogens with one attached hydrogen (secondary N) is 1. The molecule has 0 radical (unpaired) electrons. The summed E-state index contributed by atoms with van der Waals surface area (Å²) in [5.74, 6) is -0.0981. The van der Waals surface area contributed by atoms with E-state index in [1.54, 1.807) is 18.4 Å². The van der Waals surface area contributed by atoms with Gasteiger partial charge in [-0.3, -0.25) is 4.79 Å². The molecular weight excluding hydrogens is 284 g/mol. The van der Waals surface area contributed by atoms with Crippen LogP contribution in [0, 0.1) is 6.92 Å². The van der Waals surface area contributed by atoms with Gasteiger partial charge in [0.15, 0.2) is 6.10 Å². The second-order valence-electron chi connectivity index (χ2n) is 4.80. The van der Waals surface area contributed by atoms with Crippen molar-refractivity contribution in [3.05, 3.63) is 52.0 Å². The maximum Gasteiger partial charge on any atom is 0.253 e. The minimum Gasteiger partial charge on any atom is -0.367 e. The number of methoxy groups -OCH3 is 1. The highest BCUT2D eigenvalue weighted by Gasteiger charge is 2.18. The number of aromatic nitrogens is 1. The van der Waals surface area contributed by atoms with Gasteiger partial charge in [0.1, 0.15) is 0 Å². The lowest BCUT2D eigenvalue weighted by molar-refractivity contribution is -0.131. The largest absolute Gasteiger partial charge is 0.367 e. The van der Waals surface area contributed by atoms with Gasteiger partial charge in [-0.1, -0.05) is 30.3 Å². The molecule has 0 saturated carbocycles. The van der Waals surface area contributed by atoms with E-state index in [0.717, 1.165) is 29.1 Å². The Bertz CT molecular complexity index is 569. The fourth-order valence-corrected chi connectivity index (χ4v) is 2.90. The molecule has 4 nitrogen and oxygen atoms in total. The van der Waals surface area contributed by atoms with Crippen molar-refractivity contribution in [1.29, 1.82) is 0 Å². The zero-order valence-corrected chi connectivity index (χ0v) is 13.2. The number of rotatable bonds is 7. The number of nitrogens with zero attached hydrogens (tertiary/aromatic N) is 1. The van der Waals surface area contributed by atoms with Crippen LogP contribution in [0.5, 0.6) is 0 Å². The molecule has 2 rings (SSSR count). The van der Waals surface area contributed by atoms with E-state index in [0.29, 0.717) is 6.54 Å². The maximum atomic E-state index is 12.1. The molecule has 1 amide bonds. The summed E-state index contributed by atoms with van der Waals surface area (Å²) >= 11 is 1.67. The molecule has 21 heavy (non-hydrogen) atoms. The van der Waals surface area contributed by atoms with Crippen molar-refractivity contribution in [3.8, 4) is 0 Å². The van der Waals surface area contributed by atoms with Crippen LogP contribution in [0.15, 0.2) is 35.7 Å². The minimum absolute atomic E-state index is 0.0981. The number of carbonyl (C=O) groups excluding carboxylic acids is 1. The summed E-state index contributed by atoms with van der Waals surface area (Å²) in [4.78, 5) is 16.5. The SMILES string of the molecule is CO[C@@H](C(=O)NCCCc1nc(C)cs1)c1ccccc1. The van der Waals surface area contributed by atoms with Gasteiger partial charge in [0.05, 0.1) is 5.01 Å². The highest BCUT2D eigenvalue weighted by atomic mass is 32.1. The topological polar surface area (TPSA) is 51.2 Å². The van der Waals surface area contributed by atoms with E-state index in [1.165, 1.54) is 0 Å². The van der Waals surface area contributed by atoms with E-state index < -0.39 is 6.10 Å². The number of thiazole rings is 1. The van der Waals surface area contributed by atoms with Crippen LogP contribution in [-0.2, 0) is 16.0 Å². The van der Waals surface area contributed by atoms with Crippen LogP contribution in [0.1, 0.15) is 28.8 Å². The normalized spacial score (nSPS) is 12.1. The third kappa shape index (κ3) is 4.65. The summed E-state index contributed by atoms with van der Waals surface area (Å²) in [5.41, 5.74) is 1.93. The Morgan fingerprint density at radius 2 is 2.14 bits per heavy atom. The Kier molecular flexibility index (Phi) is 5.90. The summed E-state index contributed by atoms with van der Waals surface area (Å²) in [6, 6.07) is 9.52. The number of hydrogen-bond donors (Lipinski definition) is 1. The van der Waals surface area contributed by atoms with E-state index in [-0.39, 0.29) is 5.91 Å².